The van der Waals surface area contributed by atoms with Crippen LogP contribution in [0.1, 0.15) is 11.1 Å². The van der Waals surface area contributed by atoms with Crippen LogP contribution in [0.25, 0.3) is 0 Å². The van der Waals surface area contributed by atoms with Gasteiger partial charge in [0.1, 0.15) is 17.1 Å². The van der Waals surface area contributed by atoms with Crippen LogP contribution in [0.2, 0.25) is 0 Å². The Labute approximate surface area is 111 Å². The predicted molar refractivity (Wildman–Crippen MR) is 74.2 cm³/mol. The van der Waals surface area contributed by atoms with Gasteiger partial charge in [-0.3, -0.25) is 0 Å². The monoisotopic (exact) mass is 261 g/mol. The van der Waals surface area contributed by atoms with E-state index in [-0.39, 0.29) is 0 Å². The second-order valence-electron chi connectivity index (χ2n) is 3.97. The van der Waals surface area contributed by atoms with E-state index < -0.39 is 0 Å². The van der Waals surface area contributed by atoms with Gasteiger partial charge >= 0.3 is 0 Å². The standard InChI is InChI=1S/C13H15N3OS/c1-8-4-9(2)11(5-10(8)14)17-12-6-13(18-3)16-7-15-12/h4-7H,14H2,1-3H3. The van der Waals surface area contributed by atoms with Crippen molar-refractivity contribution in [2.75, 3.05) is 12.0 Å². The molecule has 2 N–H and O–H groups in total. The van der Waals surface area contributed by atoms with Crippen molar-refractivity contribution in [3.63, 3.8) is 0 Å². The zero-order chi connectivity index (χ0) is 13.1. The summed E-state index contributed by atoms with van der Waals surface area (Å²) in [6.45, 7) is 3.96. The molecule has 0 amide bonds. The smallest absolute Gasteiger partial charge is 0.223 e. The number of nitrogens with zero attached hydrogens (tertiary/aromatic N) is 2. The number of nitrogen functional groups attached to an aromatic ring is 1. The summed E-state index contributed by atoms with van der Waals surface area (Å²) in [6, 6.07) is 5.63. The molecule has 1 aromatic carbocycles. The second-order valence-corrected chi connectivity index (χ2v) is 4.80. The molecule has 18 heavy (non-hydrogen) atoms. The van der Waals surface area contributed by atoms with Gasteiger partial charge in [0, 0.05) is 17.8 Å². The van der Waals surface area contributed by atoms with Crippen molar-refractivity contribution in [2.24, 2.45) is 0 Å². The van der Waals surface area contributed by atoms with Crippen molar-refractivity contribution in [1.82, 2.24) is 9.97 Å². The Kier molecular flexibility index (Phi) is 3.72. The van der Waals surface area contributed by atoms with Crippen molar-refractivity contribution in [3.8, 4) is 11.6 Å². The minimum Gasteiger partial charge on any atom is -0.439 e. The number of thioether (sulfide) groups is 1. The Morgan fingerprint density at radius 3 is 2.61 bits per heavy atom. The summed E-state index contributed by atoms with van der Waals surface area (Å²) >= 11 is 1.55. The van der Waals surface area contributed by atoms with E-state index >= 15 is 0 Å². The van der Waals surface area contributed by atoms with Crippen LogP contribution in [0.5, 0.6) is 11.6 Å². The van der Waals surface area contributed by atoms with Crippen molar-refractivity contribution >= 4 is 17.4 Å². The lowest BCUT2D eigenvalue weighted by Crippen LogP contribution is -1.96. The number of nitrogens with two attached hydrogens (primary N) is 1. The number of aryl methyl sites for hydroxylation is 2. The van der Waals surface area contributed by atoms with Gasteiger partial charge in [0.15, 0.2) is 0 Å². The number of hydrogen-bond donors (Lipinski definition) is 1. The van der Waals surface area contributed by atoms with E-state index in [4.69, 9.17) is 10.5 Å². The molecular weight excluding hydrogens is 246 g/mol. The molecule has 0 bridgehead atoms. The van der Waals surface area contributed by atoms with Gasteiger partial charge in [-0.15, -0.1) is 11.8 Å². The van der Waals surface area contributed by atoms with Crippen molar-refractivity contribution in [3.05, 3.63) is 35.7 Å². The molecule has 1 aromatic heterocycles. The maximum Gasteiger partial charge on any atom is 0.223 e. The third-order valence-corrected chi connectivity index (χ3v) is 3.25. The molecule has 1 heterocycles. The molecule has 0 aliphatic carbocycles. The van der Waals surface area contributed by atoms with E-state index in [0.29, 0.717) is 5.88 Å². The molecule has 0 spiro atoms. The Hall–Kier alpha value is -1.75. The Morgan fingerprint density at radius 1 is 1.11 bits per heavy atom. The van der Waals surface area contributed by atoms with E-state index in [1.807, 2.05) is 32.2 Å². The number of aromatic nitrogens is 2. The molecule has 0 fully saturated rings. The summed E-state index contributed by atoms with van der Waals surface area (Å²) < 4.78 is 5.74. The largest absolute Gasteiger partial charge is 0.439 e. The van der Waals surface area contributed by atoms with Gasteiger partial charge in [-0.1, -0.05) is 6.07 Å². The van der Waals surface area contributed by atoms with E-state index in [9.17, 15) is 0 Å². The van der Waals surface area contributed by atoms with Gasteiger partial charge in [0.25, 0.3) is 0 Å². The highest BCUT2D eigenvalue weighted by molar-refractivity contribution is 7.98. The summed E-state index contributed by atoms with van der Waals surface area (Å²) in [5.74, 6) is 1.25. The second kappa shape index (κ2) is 5.27. The molecule has 0 saturated carbocycles. The zero-order valence-corrected chi connectivity index (χ0v) is 11.4. The third-order valence-electron chi connectivity index (χ3n) is 2.60. The molecule has 0 saturated heterocycles. The van der Waals surface area contributed by atoms with Crippen LogP contribution < -0.4 is 10.5 Å². The molecule has 0 aliphatic rings. The first-order chi connectivity index (χ1) is 8.60. The number of anilines is 1. The van der Waals surface area contributed by atoms with Crippen molar-refractivity contribution < 1.29 is 4.74 Å². The number of benzene rings is 1. The van der Waals surface area contributed by atoms with Crippen LogP contribution in [0.15, 0.2) is 29.6 Å². The first-order valence-corrected chi connectivity index (χ1v) is 6.73. The maximum atomic E-state index is 5.88. The lowest BCUT2D eigenvalue weighted by Gasteiger charge is -2.10. The lowest BCUT2D eigenvalue weighted by atomic mass is 10.1. The van der Waals surface area contributed by atoms with Crippen LogP contribution in [-0.2, 0) is 0 Å². The highest BCUT2D eigenvalue weighted by atomic mass is 32.2. The topological polar surface area (TPSA) is 61.0 Å². The first-order valence-electron chi connectivity index (χ1n) is 5.50. The Morgan fingerprint density at radius 2 is 1.89 bits per heavy atom. The molecule has 0 atom stereocenters. The van der Waals surface area contributed by atoms with Gasteiger partial charge in [0.2, 0.25) is 5.88 Å². The molecule has 94 valence electrons. The summed E-state index contributed by atoms with van der Waals surface area (Å²) in [5, 5.41) is 0.873. The number of rotatable bonds is 3. The van der Waals surface area contributed by atoms with E-state index in [2.05, 4.69) is 9.97 Å². The Bertz CT molecular complexity index is 572. The highest BCUT2D eigenvalue weighted by Gasteiger charge is 2.06. The third kappa shape index (κ3) is 2.73. The summed E-state index contributed by atoms with van der Waals surface area (Å²) in [5.41, 5.74) is 8.68. The fourth-order valence-corrected chi connectivity index (χ4v) is 1.93. The summed E-state index contributed by atoms with van der Waals surface area (Å²) in [6.07, 6.45) is 3.45. The van der Waals surface area contributed by atoms with Gasteiger partial charge in [-0.25, -0.2) is 9.97 Å². The average molecular weight is 261 g/mol. The summed E-state index contributed by atoms with van der Waals surface area (Å²) in [4.78, 5) is 8.19. The van der Waals surface area contributed by atoms with Gasteiger partial charge in [0.05, 0.1) is 0 Å². The van der Waals surface area contributed by atoms with E-state index in [1.165, 1.54) is 6.33 Å². The average Bonchev–Trinajstić information content (AvgIpc) is 2.36. The molecule has 2 aromatic rings. The summed E-state index contributed by atoms with van der Waals surface area (Å²) in [7, 11) is 0. The van der Waals surface area contributed by atoms with Crippen LogP contribution in [0.3, 0.4) is 0 Å². The minimum atomic E-state index is 0.528. The number of hydrogen-bond acceptors (Lipinski definition) is 5. The lowest BCUT2D eigenvalue weighted by molar-refractivity contribution is 0.456. The van der Waals surface area contributed by atoms with Gasteiger partial charge in [-0.2, -0.15) is 0 Å². The highest BCUT2D eigenvalue weighted by Crippen LogP contribution is 2.28. The van der Waals surface area contributed by atoms with Gasteiger partial charge in [-0.05, 0) is 31.2 Å². The SMILES string of the molecule is CSc1cc(Oc2cc(N)c(C)cc2C)ncn1. The van der Waals surface area contributed by atoms with Crippen molar-refractivity contribution in [1.29, 1.82) is 0 Å². The molecular formula is C13H15N3OS. The van der Waals surface area contributed by atoms with E-state index in [1.54, 1.807) is 17.8 Å². The van der Waals surface area contributed by atoms with Gasteiger partial charge < -0.3 is 10.5 Å². The molecule has 2 rings (SSSR count). The molecule has 4 nitrogen and oxygen atoms in total. The molecule has 0 unspecified atom stereocenters. The molecule has 0 aliphatic heterocycles. The van der Waals surface area contributed by atoms with Crippen LogP contribution in [0, 0.1) is 13.8 Å². The minimum absolute atomic E-state index is 0.528. The van der Waals surface area contributed by atoms with Crippen LogP contribution >= 0.6 is 11.8 Å². The van der Waals surface area contributed by atoms with E-state index in [0.717, 1.165) is 27.6 Å². The quantitative estimate of drug-likeness (QED) is 0.522. The molecule has 0 radical (unpaired) electrons. The number of ether oxygens (including phenoxy) is 1. The van der Waals surface area contributed by atoms with Crippen LogP contribution in [-0.4, -0.2) is 16.2 Å². The zero-order valence-electron chi connectivity index (χ0n) is 10.6. The van der Waals surface area contributed by atoms with Crippen LogP contribution in [0.4, 0.5) is 5.69 Å². The first kappa shape index (κ1) is 12.7. The van der Waals surface area contributed by atoms with Crippen molar-refractivity contribution in [2.45, 2.75) is 18.9 Å². The maximum absolute atomic E-state index is 5.88. The fraction of sp³-hybridized carbons (Fsp3) is 0.231. The fourth-order valence-electron chi connectivity index (χ4n) is 1.56. The Balaban J connectivity index is 2.30. The normalized spacial score (nSPS) is 10.4. The predicted octanol–water partition coefficient (Wildman–Crippen LogP) is 3.19. The molecule has 5 heteroatoms.